The van der Waals surface area contributed by atoms with Crippen LogP contribution in [-0.2, 0) is 0 Å². The van der Waals surface area contributed by atoms with E-state index in [1.54, 1.807) is 5.56 Å². The third-order valence-electron chi connectivity index (χ3n) is 4.17. The van der Waals surface area contributed by atoms with Crippen LogP contribution in [-0.4, -0.2) is 25.2 Å². The zero-order valence-corrected chi connectivity index (χ0v) is 10.6. The Hall–Kier alpha value is -0.860. The molecule has 92 valence electrons. The van der Waals surface area contributed by atoms with Gasteiger partial charge in [0.2, 0.25) is 0 Å². The van der Waals surface area contributed by atoms with Gasteiger partial charge in [0.1, 0.15) is 0 Å². The zero-order chi connectivity index (χ0) is 11.7. The van der Waals surface area contributed by atoms with Crippen molar-refractivity contribution in [2.45, 2.75) is 44.2 Å². The Kier molecular flexibility index (Phi) is 3.17. The second-order valence-corrected chi connectivity index (χ2v) is 5.50. The summed E-state index contributed by atoms with van der Waals surface area (Å²) in [6.45, 7) is 4.59. The Morgan fingerprint density at radius 3 is 2.71 bits per heavy atom. The zero-order valence-electron chi connectivity index (χ0n) is 10.6. The topological polar surface area (TPSA) is 24.1 Å². The minimum Gasteiger partial charge on any atom is -0.317 e. The summed E-state index contributed by atoms with van der Waals surface area (Å²) in [6.07, 6.45) is 3.91. The number of piperidine rings is 1. The first-order valence-corrected chi connectivity index (χ1v) is 6.87. The molecule has 1 heterocycles. The minimum atomic E-state index is 0.735. The molecule has 1 aliphatic carbocycles. The highest BCUT2D eigenvalue weighted by molar-refractivity contribution is 5.35. The van der Waals surface area contributed by atoms with Gasteiger partial charge in [-0.05, 0) is 50.4 Å². The van der Waals surface area contributed by atoms with E-state index in [0.29, 0.717) is 0 Å². The van der Waals surface area contributed by atoms with Crippen LogP contribution in [0.4, 0.5) is 0 Å². The van der Waals surface area contributed by atoms with Gasteiger partial charge in [0.25, 0.3) is 0 Å². The Morgan fingerprint density at radius 2 is 1.94 bits per heavy atom. The maximum Gasteiger partial charge on any atom is 0.0145 e. The molecule has 1 aromatic rings. The number of hydrogen-bond acceptors (Lipinski definition) is 2. The fraction of sp³-hybridized carbons (Fsp3) is 0.600. The molecule has 2 nitrogen and oxygen atoms in total. The highest BCUT2D eigenvalue weighted by Crippen LogP contribution is 2.42. The molecule has 1 saturated heterocycles. The van der Waals surface area contributed by atoms with Crippen molar-refractivity contribution in [1.29, 1.82) is 0 Å². The van der Waals surface area contributed by atoms with E-state index in [4.69, 9.17) is 0 Å². The molecule has 3 rings (SSSR count). The quantitative estimate of drug-likeness (QED) is 0.832. The van der Waals surface area contributed by atoms with Crippen LogP contribution >= 0.6 is 0 Å². The van der Waals surface area contributed by atoms with E-state index < -0.39 is 0 Å². The summed E-state index contributed by atoms with van der Waals surface area (Å²) in [5.41, 5.74) is 3.01. The molecule has 1 aliphatic heterocycles. The van der Waals surface area contributed by atoms with Gasteiger partial charge in [0.15, 0.2) is 0 Å². The Labute approximate surface area is 104 Å². The van der Waals surface area contributed by atoms with Gasteiger partial charge in [0, 0.05) is 18.0 Å². The molecule has 0 amide bonds. The monoisotopic (exact) mass is 230 g/mol. The Balaban J connectivity index is 1.57. The molecular weight excluding hydrogens is 208 g/mol. The van der Waals surface area contributed by atoms with Gasteiger partial charge < -0.3 is 10.6 Å². The smallest absolute Gasteiger partial charge is 0.0145 e. The first-order valence-electron chi connectivity index (χ1n) is 6.87. The molecule has 0 bridgehead atoms. The SMILES string of the molecule is Cc1ccccc1C1CC1NC1CCNCC1. The van der Waals surface area contributed by atoms with Gasteiger partial charge in [-0.3, -0.25) is 0 Å². The molecule has 1 saturated carbocycles. The molecular formula is C15H22N2. The van der Waals surface area contributed by atoms with Crippen LogP contribution in [0.5, 0.6) is 0 Å². The van der Waals surface area contributed by atoms with Crippen LogP contribution in [0.3, 0.4) is 0 Å². The van der Waals surface area contributed by atoms with Crippen molar-refractivity contribution in [1.82, 2.24) is 10.6 Å². The van der Waals surface area contributed by atoms with Crippen molar-refractivity contribution in [3.8, 4) is 0 Å². The Morgan fingerprint density at radius 1 is 1.18 bits per heavy atom. The fourth-order valence-corrected chi connectivity index (χ4v) is 3.02. The van der Waals surface area contributed by atoms with Crippen LogP contribution in [0.15, 0.2) is 24.3 Å². The van der Waals surface area contributed by atoms with Crippen LogP contribution < -0.4 is 10.6 Å². The lowest BCUT2D eigenvalue weighted by Crippen LogP contribution is -2.41. The van der Waals surface area contributed by atoms with E-state index >= 15 is 0 Å². The third-order valence-corrected chi connectivity index (χ3v) is 4.17. The van der Waals surface area contributed by atoms with Crippen molar-refractivity contribution in [3.63, 3.8) is 0 Å². The highest BCUT2D eigenvalue weighted by Gasteiger charge is 2.39. The predicted molar refractivity (Wildman–Crippen MR) is 71.4 cm³/mol. The first kappa shape index (κ1) is 11.2. The van der Waals surface area contributed by atoms with Gasteiger partial charge in [0.05, 0.1) is 0 Å². The van der Waals surface area contributed by atoms with Crippen molar-refractivity contribution >= 4 is 0 Å². The normalized spacial score (nSPS) is 29.2. The predicted octanol–water partition coefficient (Wildman–Crippen LogP) is 2.19. The van der Waals surface area contributed by atoms with Crippen LogP contribution in [0.1, 0.15) is 36.3 Å². The summed E-state index contributed by atoms with van der Waals surface area (Å²) >= 11 is 0. The van der Waals surface area contributed by atoms with E-state index in [1.165, 1.54) is 37.9 Å². The third kappa shape index (κ3) is 2.53. The molecule has 2 heteroatoms. The molecule has 17 heavy (non-hydrogen) atoms. The van der Waals surface area contributed by atoms with Crippen molar-refractivity contribution in [2.75, 3.05) is 13.1 Å². The summed E-state index contributed by atoms with van der Waals surface area (Å²) in [7, 11) is 0. The van der Waals surface area contributed by atoms with Crippen molar-refractivity contribution in [3.05, 3.63) is 35.4 Å². The molecule has 0 spiro atoms. The van der Waals surface area contributed by atoms with Gasteiger partial charge in [-0.25, -0.2) is 0 Å². The van der Waals surface area contributed by atoms with E-state index in [2.05, 4.69) is 41.8 Å². The summed E-state index contributed by atoms with van der Waals surface area (Å²) in [6, 6.07) is 10.3. The second-order valence-electron chi connectivity index (χ2n) is 5.50. The summed E-state index contributed by atoms with van der Waals surface area (Å²) in [5, 5.41) is 7.25. The lowest BCUT2D eigenvalue weighted by atomic mass is 10.0. The largest absolute Gasteiger partial charge is 0.317 e. The van der Waals surface area contributed by atoms with Gasteiger partial charge in [-0.15, -0.1) is 0 Å². The Bertz CT molecular complexity index is 382. The number of hydrogen-bond donors (Lipinski definition) is 2. The highest BCUT2D eigenvalue weighted by atomic mass is 15.0. The number of benzene rings is 1. The van der Waals surface area contributed by atoms with Crippen molar-refractivity contribution < 1.29 is 0 Å². The molecule has 0 radical (unpaired) electrons. The van der Waals surface area contributed by atoms with Gasteiger partial charge >= 0.3 is 0 Å². The summed E-state index contributed by atoms with van der Waals surface area (Å²) in [5.74, 6) is 0.770. The molecule has 2 atom stereocenters. The molecule has 0 aromatic heterocycles. The summed E-state index contributed by atoms with van der Waals surface area (Å²) < 4.78 is 0. The molecule has 1 aromatic carbocycles. The minimum absolute atomic E-state index is 0.735. The van der Waals surface area contributed by atoms with Crippen molar-refractivity contribution in [2.24, 2.45) is 0 Å². The standard InChI is InChI=1S/C15H22N2/c1-11-4-2-3-5-13(11)14-10-15(14)17-12-6-8-16-9-7-12/h2-5,12,14-17H,6-10H2,1H3. The average molecular weight is 230 g/mol. The maximum absolute atomic E-state index is 3.83. The number of rotatable bonds is 3. The van der Waals surface area contributed by atoms with E-state index in [1.807, 2.05) is 0 Å². The van der Waals surface area contributed by atoms with E-state index in [-0.39, 0.29) is 0 Å². The molecule has 2 fully saturated rings. The lowest BCUT2D eigenvalue weighted by Gasteiger charge is -2.24. The number of aryl methyl sites for hydroxylation is 1. The number of nitrogens with one attached hydrogen (secondary N) is 2. The van der Waals surface area contributed by atoms with Crippen LogP contribution in [0, 0.1) is 6.92 Å². The maximum atomic E-state index is 3.83. The van der Waals surface area contributed by atoms with Gasteiger partial charge in [-0.2, -0.15) is 0 Å². The fourth-order valence-electron chi connectivity index (χ4n) is 3.02. The van der Waals surface area contributed by atoms with Crippen LogP contribution in [0.25, 0.3) is 0 Å². The molecule has 2 unspecified atom stereocenters. The van der Waals surface area contributed by atoms with Crippen LogP contribution in [0.2, 0.25) is 0 Å². The van der Waals surface area contributed by atoms with E-state index in [0.717, 1.165) is 18.0 Å². The first-order chi connectivity index (χ1) is 8.34. The molecule has 2 N–H and O–H groups in total. The lowest BCUT2D eigenvalue weighted by molar-refractivity contribution is 0.383. The summed E-state index contributed by atoms with van der Waals surface area (Å²) in [4.78, 5) is 0. The average Bonchev–Trinajstić information content (AvgIpc) is 3.10. The van der Waals surface area contributed by atoms with E-state index in [9.17, 15) is 0 Å². The van der Waals surface area contributed by atoms with Gasteiger partial charge in [-0.1, -0.05) is 24.3 Å². The second kappa shape index (κ2) is 4.79. The molecule has 2 aliphatic rings.